The number of nitrogens with zero attached hydrogens (tertiary/aromatic N) is 1. The number of amides is 1. The number of benzene rings is 2. The number of rotatable bonds is 8. The standard InChI is InChI=1S/C21H21N3O6S2/c1-4-30-20(26)18-13(2)22-21(31-18)23-19(25)14-5-7-15(8-6-14)24-32(27,28)17-11-9-16(29-3)10-12-17/h5-12,24H,4H2,1-3H3,(H,22,23,25). The van der Waals surface area contributed by atoms with Crippen LogP contribution in [0.3, 0.4) is 0 Å². The second-order valence-electron chi connectivity index (χ2n) is 6.47. The number of hydrogen-bond acceptors (Lipinski definition) is 8. The number of anilines is 2. The van der Waals surface area contributed by atoms with Crippen LogP contribution in [0, 0.1) is 6.92 Å². The van der Waals surface area contributed by atoms with E-state index in [-0.39, 0.29) is 16.6 Å². The van der Waals surface area contributed by atoms with E-state index in [0.717, 1.165) is 11.3 Å². The van der Waals surface area contributed by atoms with Crippen molar-refractivity contribution >= 4 is 44.1 Å². The van der Waals surface area contributed by atoms with Gasteiger partial charge in [0.2, 0.25) is 0 Å². The van der Waals surface area contributed by atoms with Crippen LogP contribution in [-0.2, 0) is 14.8 Å². The molecular formula is C21H21N3O6S2. The lowest BCUT2D eigenvalue weighted by atomic mass is 10.2. The number of carbonyl (C=O) groups excluding carboxylic acids is 2. The third-order valence-corrected chi connectivity index (χ3v) is 6.70. The van der Waals surface area contributed by atoms with Crippen LogP contribution < -0.4 is 14.8 Å². The predicted molar refractivity (Wildman–Crippen MR) is 121 cm³/mol. The predicted octanol–water partition coefficient (Wildman–Crippen LogP) is 3.69. The fourth-order valence-electron chi connectivity index (χ4n) is 2.66. The van der Waals surface area contributed by atoms with Crippen molar-refractivity contribution < 1.29 is 27.5 Å². The molecule has 11 heteroatoms. The highest BCUT2D eigenvalue weighted by atomic mass is 32.2. The molecule has 1 heterocycles. The number of hydrogen-bond donors (Lipinski definition) is 2. The fourth-order valence-corrected chi connectivity index (χ4v) is 4.58. The first kappa shape index (κ1) is 23.2. The van der Waals surface area contributed by atoms with Gasteiger partial charge in [-0.3, -0.25) is 14.8 Å². The highest BCUT2D eigenvalue weighted by molar-refractivity contribution is 7.92. The molecule has 0 spiro atoms. The van der Waals surface area contributed by atoms with Gasteiger partial charge in [0, 0.05) is 11.3 Å². The Labute approximate surface area is 189 Å². The van der Waals surface area contributed by atoms with E-state index in [2.05, 4.69) is 15.0 Å². The van der Waals surface area contributed by atoms with Gasteiger partial charge in [0.15, 0.2) is 5.13 Å². The van der Waals surface area contributed by atoms with Crippen molar-refractivity contribution in [1.29, 1.82) is 0 Å². The van der Waals surface area contributed by atoms with E-state index in [1.807, 2.05) is 0 Å². The average Bonchev–Trinajstić information content (AvgIpc) is 3.14. The zero-order valence-corrected chi connectivity index (χ0v) is 19.2. The molecule has 0 saturated carbocycles. The monoisotopic (exact) mass is 475 g/mol. The van der Waals surface area contributed by atoms with Crippen LogP contribution in [0.4, 0.5) is 10.8 Å². The van der Waals surface area contributed by atoms with Crippen LogP contribution >= 0.6 is 11.3 Å². The van der Waals surface area contributed by atoms with Crippen LogP contribution in [0.15, 0.2) is 53.4 Å². The maximum absolute atomic E-state index is 12.5. The summed E-state index contributed by atoms with van der Waals surface area (Å²) >= 11 is 1.02. The van der Waals surface area contributed by atoms with E-state index in [1.165, 1.54) is 43.5 Å². The van der Waals surface area contributed by atoms with Crippen LogP contribution in [0.1, 0.15) is 32.6 Å². The number of thiazole rings is 1. The maximum atomic E-state index is 12.5. The molecule has 2 N–H and O–H groups in total. The lowest BCUT2D eigenvalue weighted by Crippen LogP contribution is -2.14. The van der Waals surface area contributed by atoms with Gasteiger partial charge in [-0.25, -0.2) is 18.2 Å². The third kappa shape index (κ3) is 5.42. The summed E-state index contributed by atoms with van der Waals surface area (Å²) in [5.41, 5.74) is 1.06. The van der Waals surface area contributed by atoms with Crippen LogP contribution in [-0.4, -0.2) is 39.0 Å². The molecule has 0 aliphatic rings. The summed E-state index contributed by atoms with van der Waals surface area (Å²) in [6.07, 6.45) is 0. The second kappa shape index (κ2) is 9.79. The number of nitrogens with one attached hydrogen (secondary N) is 2. The highest BCUT2D eigenvalue weighted by Gasteiger charge is 2.18. The molecule has 3 rings (SSSR count). The van der Waals surface area contributed by atoms with Crippen molar-refractivity contribution in [3.8, 4) is 5.75 Å². The Morgan fingerprint density at radius 2 is 1.72 bits per heavy atom. The largest absolute Gasteiger partial charge is 0.497 e. The highest BCUT2D eigenvalue weighted by Crippen LogP contribution is 2.24. The molecule has 0 unspecified atom stereocenters. The van der Waals surface area contributed by atoms with Gasteiger partial charge >= 0.3 is 5.97 Å². The second-order valence-corrected chi connectivity index (χ2v) is 9.15. The number of aromatic nitrogens is 1. The van der Waals surface area contributed by atoms with Gasteiger partial charge in [0.1, 0.15) is 10.6 Å². The number of aryl methyl sites for hydroxylation is 1. The summed E-state index contributed by atoms with van der Waals surface area (Å²) in [5, 5.41) is 2.89. The topological polar surface area (TPSA) is 124 Å². The summed E-state index contributed by atoms with van der Waals surface area (Å²) in [6.45, 7) is 3.60. The Morgan fingerprint density at radius 1 is 1.06 bits per heavy atom. The quantitative estimate of drug-likeness (QED) is 0.476. The van der Waals surface area contributed by atoms with Crippen molar-refractivity contribution in [2.45, 2.75) is 18.7 Å². The van der Waals surface area contributed by atoms with Crippen molar-refractivity contribution in [3.05, 3.63) is 64.7 Å². The zero-order chi connectivity index (χ0) is 23.3. The first-order valence-electron chi connectivity index (χ1n) is 9.46. The molecule has 0 atom stereocenters. The molecule has 0 aliphatic heterocycles. The van der Waals surface area contributed by atoms with E-state index in [9.17, 15) is 18.0 Å². The normalized spacial score (nSPS) is 11.0. The molecule has 1 aromatic heterocycles. The molecule has 0 fully saturated rings. The Hall–Kier alpha value is -3.44. The number of esters is 1. The van der Waals surface area contributed by atoms with Crippen LogP contribution in [0.25, 0.3) is 0 Å². The van der Waals surface area contributed by atoms with Crippen LogP contribution in [0.2, 0.25) is 0 Å². The van der Waals surface area contributed by atoms with Gasteiger partial charge < -0.3 is 9.47 Å². The molecule has 168 valence electrons. The molecule has 1 amide bonds. The van der Waals surface area contributed by atoms with Gasteiger partial charge in [-0.1, -0.05) is 11.3 Å². The third-order valence-electron chi connectivity index (χ3n) is 4.25. The van der Waals surface area contributed by atoms with Gasteiger partial charge in [-0.05, 0) is 62.4 Å². The Morgan fingerprint density at radius 3 is 2.31 bits per heavy atom. The molecule has 3 aromatic rings. The molecule has 0 saturated heterocycles. The minimum atomic E-state index is -3.79. The summed E-state index contributed by atoms with van der Waals surface area (Å²) in [7, 11) is -2.30. The van der Waals surface area contributed by atoms with Gasteiger partial charge in [0.05, 0.1) is 24.3 Å². The van der Waals surface area contributed by atoms with Gasteiger partial charge in [0.25, 0.3) is 15.9 Å². The smallest absolute Gasteiger partial charge is 0.350 e. The van der Waals surface area contributed by atoms with E-state index in [1.54, 1.807) is 26.0 Å². The van der Waals surface area contributed by atoms with E-state index in [0.29, 0.717) is 27.6 Å². The zero-order valence-electron chi connectivity index (χ0n) is 17.5. The fraction of sp³-hybridized carbons (Fsp3) is 0.190. The van der Waals surface area contributed by atoms with Crippen LogP contribution in [0.5, 0.6) is 5.75 Å². The summed E-state index contributed by atoms with van der Waals surface area (Å²) in [5.74, 6) is -0.390. The molecular weight excluding hydrogens is 454 g/mol. The lowest BCUT2D eigenvalue weighted by Gasteiger charge is -2.09. The van der Waals surface area contributed by atoms with Crippen molar-refractivity contribution in [3.63, 3.8) is 0 Å². The summed E-state index contributed by atoms with van der Waals surface area (Å²) < 4.78 is 37.5. The Balaban J connectivity index is 1.68. The number of carbonyl (C=O) groups is 2. The van der Waals surface area contributed by atoms with Crippen molar-refractivity contribution in [2.24, 2.45) is 0 Å². The molecule has 32 heavy (non-hydrogen) atoms. The average molecular weight is 476 g/mol. The molecule has 0 bridgehead atoms. The minimum absolute atomic E-state index is 0.0802. The summed E-state index contributed by atoms with van der Waals surface area (Å²) in [4.78, 5) is 29.0. The first-order chi connectivity index (χ1) is 15.2. The molecule has 9 nitrogen and oxygen atoms in total. The molecule has 0 aliphatic carbocycles. The maximum Gasteiger partial charge on any atom is 0.350 e. The van der Waals surface area contributed by atoms with Crippen molar-refractivity contribution in [1.82, 2.24) is 4.98 Å². The van der Waals surface area contributed by atoms with Gasteiger partial charge in [-0.2, -0.15) is 0 Å². The molecule has 0 radical (unpaired) electrons. The van der Waals surface area contributed by atoms with Crippen molar-refractivity contribution in [2.75, 3.05) is 23.8 Å². The van der Waals surface area contributed by atoms with E-state index >= 15 is 0 Å². The number of methoxy groups -OCH3 is 1. The molecule has 2 aromatic carbocycles. The summed E-state index contributed by atoms with van der Waals surface area (Å²) in [6, 6.07) is 11.9. The number of sulfonamides is 1. The Bertz CT molecular complexity index is 1220. The Kier molecular flexibility index (Phi) is 7.11. The van der Waals surface area contributed by atoms with Gasteiger partial charge in [-0.15, -0.1) is 0 Å². The van der Waals surface area contributed by atoms with E-state index < -0.39 is 21.9 Å². The number of ether oxygens (including phenoxy) is 2. The van der Waals surface area contributed by atoms with E-state index in [4.69, 9.17) is 9.47 Å². The SMILES string of the molecule is CCOC(=O)c1sc(NC(=O)c2ccc(NS(=O)(=O)c3ccc(OC)cc3)cc2)nc1C. The minimum Gasteiger partial charge on any atom is -0.497 e. The first-order valence-corrected chi connectivity index (χ1v) is 11.8. The lowest BCUT2D eigenvalue weighted by molar-refractivity contribution is 0.0531.